The van der Waals surface area contributed by atoms with E-state index in [1.165, 1.54) is 16.9 Å². The molecule has 2 aromatic rings. The lowest BCUT2D eigenvalue weighted by atomic mass is 9.64. The van der Waals surface area contributed by atoms with Crippen molar-refractivity contribution in [1.29, 1.82) is 0 Å². The van der Waals surface area contributed by atoms with Crippen molar-refractivity contribution in [2.45, 2.75) is 50.0 Å². The molecule has 1 aromatic heterocycles. The third kappa shape index (κ3) is 2.88. The number of primary amides is 1. The van der Waals surface area contributed by atoms with E-state index < -0.39 is 11.4 Å². The largest absolute Gasteiger partial charge is 0.368 e. The third-order valence-corrected chi connectivity index (χ3v) is 8.00. The van der Waals surface area contributed by atoms with Crippen LogP contribution in [0.25, 0.3) is 0 Å². The first kappa shape index (κ1) is 19.4. The monoisotopic (exact) mass is 425 g/mol. The number of anilines is 2. The summed E-state index contributed by atoms with van der Waals surface area (Å²) in [6.07, 6.45) is 6.88. The molecule has 1 saturated carbocycles. The number of urea groups is 1. The number of aryl methyl sites for hydroxylation is 1. The maximum Gasteiger partial charge on any atom is 0.325 e. The summed E-state index contributed by atoms with van der Waals surface area (Å²) in [5.41, 5.74) is 7.08. The number of thiazole rings is 1. The van der Waals surface area contributed by atoms with Crippen LogP contribution in [-0.2, 0) is 10.2 Å². The predicted octanol–water partition coefficient (Wildman–Crippen LogP) is 3.25. The Morgan fingerprint density at radius 1 is 1.23 bits per heavy atom. The topological polar surface area (TPSA) is 91.6 Å². The summed E-state index contributed by atoms with van der Waals surface area (Å²) >= 11 is 1.68. The molecule has 0 bridgehead atoms. The van der Waals surface area contributed by atoms with E-state index in [1.807, 2.05) is 18.3 Å². The van der Waals surface area contributed by atoms with Gasteiger partial charge in [-0.3, -0.25) is 9.69 Å². The average Bonchev–Trinajstić information content (AvgIpc) is 3.38. The van der Waals surface area contributed by atoms with E-state index in [2.05, 4.69) is 29.4 Å². The standard InChI is InChI=1S/C22H27N5O2S/c1-15-12-24-19(30-15)25-13-21(8-2-9-21)16-4-6-17(7-5-16)26-14-22(18(23)28)10-3-11-27(22)20(26)29/h4-7,12H,2-3,8-11,13-14H2,1H3,(H2,23,28)(H,24,25)/t22-/m1/s1. The molecule has 3 fully saturated rings. The number of hydrogen-bond acceptors (Lipinski definition) is 5. The van der Waals surface area contributed by atoms with Gasteiger partial charge in [-0.2, -0.15) is 0 Å². The lowest BCUT2D eigenvalue weighted by Crippen LogP contribution is -2.52. The molecule has 3 N–H and O–H groups in total. The van der Waals surface area contributed by atoms with Gasteiger partial charge in [0.15, 0.2) is 5.13 Å². The summed E-state index contributed by atoms with van der Waals surface area (Å²) in [6.45, 7) is 3.87. The molecule has 2 aliphatic heterocycles. The molecule has 3 amide bonds. The number of nitrogens with zero attached hydrogens (tertiary/aromatic N) is 3. The molecule has 7 nitrogen and oxygen atoms in total. The van der Waals surface area contributed by atoms with Gasteiger partial charge in [0.05, 0.1) is 6.54 Å². The van der Waals surface area contributed by atoms with E-state index in [0.717, 1.165) is 36.6 Å². The fraction of sp³-hybridized carbons (Fsp3) is 0.500. The lowest BCUT2D eigenvalue weighted by Gasteiger charge is -2.42. The van der Waals surface area contributed by atoms with Crippen molar-refractivity contribution in [3.63, 3.8) is 0 Å². The number of rotatable bonds is 6. The first-order valence-corrected chi connectivity index (χ1v) is 11.4. The highest BCUT2D eigenvalue weighted by Crippen LogP contribution is 2.45. The normalized spacial score (nSPS) is 24.6. The Labute approximate surface area is 180 Å². The second-order valence-electron chi connectivity index (χ2n) is 8.83. The van der Waals surface area contributed by atoms with Crippen molar-refractivity contribution in [2.24, 2.45) is 5.73 Å². The smallest absolute Gasteiger partial charge is 0.325 e. The van der Waals surface area contributed by atoms with Gasteiger partial charge in [0, 0.05) is 35.3 Å². The maximum absolute atomic E-state index is 12.9. The zero-order valence-electron chi connectivity index (χ0n) is 17.2. The Kier molecular flexibility index (Phi) is 4.50. The van der Waals surface area contributed by atoms with E-state index in [1.54, 1.807) is 21.1 Å². The van der Waals surface area contributed by atoms with Crippen LogP contribution in [0, 0.1) is 6.92 Å². The molecule has 1 atom stereocenters. The van der Waals surface area contributed by atoms with Crippen molar-refractivity contribution in [3.8, 4) is 0 Å². The van der Waals surface area contributed by atoms with E-state index in [9.17, 15) is 9.59 Å². The second-order valence-corrected chi connectivity index (χ2v) is 10.1. The highest BCUT2D eigenvalue weighted by atomic mass is 32.1. The number of carbonyl (C=O) groups is 2. The molecule has 3 aliphatic rings. The molecular formula is C22H27N5O2S. The first-order chi connectivity index (χ1) is 14.4. The lowest BCUT2D eigenvalue weighted by molar-refractivity contribution is -0.125. The van der Waals surface area contributed by atoms with E-state index >= 15 is 0 Å². The second kappa shape index (κ2) is 6.97. The highest BCUT2D eigenvalue weighted by Gasteiger charge is 2.56. The summed E-state index contributed by atoms with van der Waals surface area (Å²) in [5.74, 6) is -0.399. The number of nitrogens with one attached hydrogen (secondary N) is 1. The van der Waals surface area contributed by atoms with Gasteiger partial charge in [-0.15, -0.1) is 11.3 Å². The van der Waals surface area contributed by atoms with Gasteiger partial charge in [-0.1, -0.05) is 18.6 Å². The number of nitrogens with two attached hydrogens (primary N) is 1. The number of fused-ring (bicyclic) bond motifs is 1. The van der Waals surface area contributed by atoms with Crippen LogP contribution in [0.1, 0.15) is 42.5 Å². The summed E-state index contributed by atoms with van der Waals surface area (Å²) < 4.78 is 0. The van der Waals surface area contributed by atoms with Gasteiger partial charge in [-0.05, 0) is 50.3 Å². The molecule has 0 spiro atoms. The number of amides is 3. The third-order valence-electron chi connectivity index (χ3n) is 7.13. The van der Waals surface area contributed by atoms with Gasteiger partial charge in [0.1, 0.15) is 5.54 Å². The van der Waals surface area contributed by atoms with Crippen molar-refractivity contribution in [1.82, 2.24) is 9.88 Å². The van der Waals surface area contributed by atoms with Crippen LogP contribution < -0.4 is 16.0 Å². The number of benzene rings is 1. The number of carbonyl (C=O) groups excluding carboxylic acids is 2. The minimum absolute atomic E-state index is 0.113. The SMILES string of the molecule is Cc1cnc(NCC2(c3ccc(N4C[C@@]5(C(N)=O)CCCN5C4=O)cc3)CCC2)s1. The van der Waals surface area contributed by atoms with E-state index in [4.69, 9.17) is 5.73 Å². The molecule has 2 saturated heterocycles. The Hall–Kier alpha value is -2.61. The van der Waals surface area contributed by atoms with Crippen LogP contribution in [0.5, 0.6) is 0 Å². The quantitative estimate of drug-likeness (QED) is 0.743. The highest BCUT2D eigenvalue weighted by molar-refractivity contribution is 7.15. The van der Waals surface area contributed by atoms with Crippen LogP contribution in [0.4, 0.5) is 15.6 Å². The zero-order valence-corrected chi connectivity index (χ0v) is 18.0. The van der Waals surface area contributed by atoms with Gasteiger partial charge >= 0.3 is 6.03 Å². The van der Waals surface area contributed by atoms with E-state index in [0.29, 0.717) is 19.5 Å². The fourth-order valence-electron chi connectivity index (χ4n) is 5.18. The van der Waals surface area contributed by atoms with Crippen LogP contribution in [0.3, 0.4) is 0 Å². The molecule has 30 heavy (non-hydrogen) atoms. The van der Waals surface area contributed by atoms with E-state index in [-0.39, 0.29) is 11.4 Å². The summed E-state index contributed by atoms with van der Waals surface area (Å²) in [4.78, 5) is 34.1. The van der Waals surface area contributed by atoms with Gasteiger partial charge < -0.3 is 16.0 Å². The fourth-order valence-corrected chi connectivity index (χ4v) is 5.84. The molecular weight excluding hydrogens is 398 g/mol. The van der Waals surface area contributed by atoms with Crippen molar-refractivity contribution < 1.29 is 9.59 Å². The molecule has 1 aromatic carbocycles. The first-order valence-electron chi connectivity index (χ1n) is 10.6. The molecule has 0 unspecified atom stereocenters. The van der Waals surface area contributed by atoms with Gasteiger partial charge in [0.2, 0.25) is 5.91 Å². The summed E-state index contributed by atoms with van der Waals surface area (Å²) in [6, 6.07) is 8.18. The van der Waals surface area contributed by atoms with Crippen LogP contribution in [0.15, 0.2) is 30.5 Å². The Morgan fingerprint density at radius 2 is 2.00 bits per heavy atom. The van der Waals surface area contributed by atoms with Gasteiger partial charge in [0.25, 0.3) is 0 Å². The molecule has 1 aliphatic carbocycles. The Morgan fingerprint density at radius 3 is 2.57 bits per heavy atom. The molecule has 8 heteroatoms. The van der Waals surface area contributed by atoms with Crippen molar-refractivity contribution in [3.05, 3.63) is 40.9 Å². The number of aromatic nitrogens is 1. The molecule has 3 heterocycles. The summed E-state index contributed by atoms with van der Waals surface area (Å²) in [5, 5.41) is 4.48. The Bertz CT molecular complexity index is 984. The van der Waals surface area contributed by atoms with Crippen LogP contribution in [-0.4, -0.2) is 47.0 Å². The number of hydrogen-bond donors (Lipinski definition) is 2. The zero-order chi connectivity index (χ0) is 20.9. The molecule has 0 radical (unpaired) electrons. The molecule has 158 valence electrons. The minimum Gasteiger partial charge on any atom is -0.368 e. The maximum atomic E-state index is 12.9. The van der Waals surface area contributed by atoms with Crippen LogP contribution in [0.2, 0.25) is 0 Å². The van der Waals surface area contributed by atoms with Crippen LogP contribution >= 0.6 is 11.3 Å². The van der Waals surface area contributed by atoms with Crippen molar-refractivity contribution >= 4 is 34.1 Å². The van der Waals surface area contributed by atoms with Gasteiger partial charge in [-0.25, -0.2) is 9.78 Å². The Balaban J connectivity index is 1.34. The average molecular weight is 426 g/mol. The predicted molar refractivity (Wildman–Crippen MR) is 118 cm³/mol. The molecule has 5 rings (SSSR count). The summed E-state index contributed by atoms with van der Waals surface area (Å²) in [7, 11) is 0. The van der Waals surface area contributed by atoms with Crippen molar-refractivity contribution in [2.75, 3.05) is 29.9 Å². The minimum atomic E-state index is -0.847.